The van der Waals surface area contributed by atoms with Crippen LogP contribution in [0.15, 0.2) is 18.3 Å². The summed E-state index contributed by atoms with van der Waals surface area (Å²) in [4.78, 5) is 41.8. The molecule has 1 fully saturated rings. The molecule has 1 aliphatic heterocycles. The van der Waals surface area contributed by atoms with Gasteiger partial charge in [0, 0.05) is 32.3 Å². The molecule has 0 spiro atoms. The first kappa shape index (κ1) is 19.7. The monoisotopic (exact) mass is 362 g/mol. The van der Waals surface area contributed by atoms with Crippen LogP contribution in [-0.4, -0.2) is 54.0 Å². The highest BCUT2D eigenvalue weighted by Gasteiger charge is 2.28. The number of likely N-dealkylation sites (tertiary alicyclic amines) is 1. The Kier molecular flexibility index (Phi) is 7.37. The molecule has 2 rings (SSSR count). The summed E-state index contributed by atoms with van der Waals surface area (Å²) < 4.78 is 4.75. The summed E-state index contributed by atoms with van der Waals surface area (Å²) in [7, 11) is 0. The lowest BCUT2D eigenvalue weighted by atomic mass is 9.97. The molecule has 2 N–H and O–H groups in total. The highest BCUT2D eigenvalue weighted by atomic mass is 16.5. The molecule has 1 saturated heterocycles. The van der Waals surface area contributed by atoms with E-state index >= 15 is 0 Å². The Balaban J connectivity index is 1.79. The Labute approximate surface area is 153 Å². The van der Waals surface area contributed by atoms with Crippen molar-refractivity contribution in [3.05, 3.63) is 23.9 Å². The lowest BCUT2D eigenvalue weighted by Crippen LogP contribution is -2.44. The van der Waals surface area contributed by atoms with Gasteiger partial charge in [-0.05, 0) is 38.3 Å². The van der Waals surface area contributed by atoms with Gasteiger partial charge < -0.3 is 20.3 Å². The van der Waals surface area contributed by atoms with Crippen molar-refractivity contribution in [2.75, 3.05) is 31.6 Å². The number of aryl methyl sites for hydroxylation is 1. The van der Waals surface area contributed by atoms with Gasteiger partial charge in [0.25, 0.3) is 0 Å². The lowest BCUT2D eigenvalue weighted by molar-refractivity contribution is -0.134. The molecule has 2 heterocycles. The van der Waals surface area contributed by atoms with E-state index in [2.05, 4.69) is 15.6 Å². The minimum Gasteiger partial charge on any atom is -0.450 e. The molecular formula is C18H26N4O4. The number of carbonyl (C=O) groups is 3. The van der Waals surface area contributed by atoms with E-state index in [4.69, 9.17) is 4.74 Å². The third-order valence-corrected chi connectivity index (χ3v) is 4.19. The van der Waals surface area contributed by atoms with Crippen LogP contribution in [0.1, 0.15) is 31.7 Å². The van der Waals surface area contributed by atoms with Gasteiger partial charge in [-0.2, -0.15) is 0 Å². The fraction of sp³-hybridized carbons (Fsp3) is 0.556. The molecule has 0 saturated carbocycles. The van der Waals surface area contributed by atoms with Gasteiger partial charge in [-0.15, -0.1) is 0 Å². The van der Waals surface area contributed by atoms with Gasteiger partial charge in [-0.1, -0.05) is 6.07 Å². The SMILES string of the molecule is CCOC(=O)NCCC(=O)N1CCCC(C(=O)Nc2ccc(C)cn2)C1. The quantitative estimate of drug-likeness (QED) is 0.802. The van der Waals surface area contributed by atoms with E-state index in [0.29, 0.717) is 25.5 Å². The van der Waals surface area contributed by atoms with Gasteiger partial charge in [-0.25, -0.2) is 9.78 Å². The zero-order chi connectivity index (χ0) is 18.9. The minimum atomic E-state index is -0.526. The molecule has 142 valence electrons. The summed E-state index contributed by atoms with van der Waals surface area (Å²) in [6.45, 7) is 5.17. The number of ether oxygens (including phenoxy) is 1. The Bertz CT molecular complexity index is 633. The number of rotatable bonds is 6. The largest absolute Gasteiger partial charge is 0.450 e. The zero-order valence-electron chi connectivity index (χ0n) is 15.3. The Morgan fingerprint density at radius 2 is 2.15 bits per heavy atom. The van der Waals surface area contributed by atoms with Crippen LogP contribution in [0.4, 0.5) is 10.6 Å². The maximum Gasteiger partial charge on any atom is 0.407 e. The molecule has 0 aromatic carbocycles. The first-order valence-electron chi connectivity index (χ1n) is 8.91. The number of alkyl carbamates (subject to hydrolysis) is 1. The molecular weight excluding hydrogens is 336 g/mol. The third-order valence-electron chi connectivity index (χ3n) is 4.19. The summed E-state index contributed by atoms with van der Waals surface area (Å²) in [6.07, 6.45) is 2.87. The van der Waals surface area contributed by atoms with Gasteiger partial charge in [0.05, 0.1) is 12.5 Å². The second-order valence-electron chi connectivity index (χ2n) is 6.29. The molecule has 8 heteroatoms. The second kappa shape index (κ2) is 9.74. The van der Waals surface area contributed by atoms with E-state index in [1.165, 1.54) is 0 Å². The van der Waals surface area contributed by atoms with Crippen LogP contribution in [0.5, 0.6) is 0 Å². The molecule has 1 unspecified atom stereocenters. The standard InChI is InChI=1S/C18H26N4O4/c1-3-26-18(25)19-9-8-16(23)22-10-4-5-14(12-22)17(24)21-15-7-6-13(2)11-20-15/h6-7,11,14H,3-5,8-10,12H2,1-2H3,(H,19,25)(H,20,21,24). The molecule has 0 bridgehead atoms. The van der Waals surface area contributed by atoms with Crippen LogP contribution >= 0.6 is 0 Å². The maximum absolute atomic E-state index is 12.4. The van der Waals surface area contributed by atoms with E-state index in [1.54, 1.807) is 24.1 Å². The van der Waals surface area contributed by atoms with Crippen LogP contribution in [0, 0.1) is 12.8 Å². The van der Waals surface area contributed by atoms with Gasteiger partial charge in [-0.3, -0.25) is 9.59 Å². The third kappa shape index (κ3) is 6.02. The number of carbonyl (C=O) groups excluding carboxylic acids is 3. The van der Waals surface area contributed by atoms with E-state index in [1.807, 2.05) is 13.0 Å². The van der Waals surface area contributed by atoms with Crippen molar-refractivity contribution in [2.24, 2.45) is 5.92 Å². The summed E-state index contributed by atoms with van der Waals surface area (Å²) >= 11 is 0. The zero-order valence-corrected chi connectivity index (χ0v) is 15.3. The maximum atomic E-state index is 12.4. The predicted molar refractivity (Wildman–Crippen MR) is 96.5 cm³/mol. The van der Waals surface area contributed by atoms with Crippen molar-refractivity contribution in [1.82, 2.24) is 15.2 Å². The van der Waals surface area contributed by atoms with Crippen LogP contribution in [0.3, 0.4) is 0 Å². The number of piperidine rings is 1. The van der Waals surface area contributed by atoms with E-state index in [-0.39, 0.29) is 30.7 Å². The highest BCUT2D eigenvalue weighted by Crippen LogP contribution is 2.19. The normalized spacial score (nSPS) is 16.7. The van der Waals surface area contributed by atoms with Crippen molar-refractivity contribution in [2.45, 2.75) is 33.1 Å². The van der Waals surface area contributed by atoms with Gasteiger partial charge >= 0.3 is 6.09 Å². The van der Waals surface area contributed by atoms with Crippen molar-refractivity contribution in [1.29, 1.82) is 0 Å². The molecule has 1 atom stereocenters. The summed E-state index contributed by atoms with van der Waals surface area (Å²) in [5, 5.41) is 5.34. The van der Waals surface area contributed by atoms with E-state index in [9.17, 15) is 14.4 Å². The van der Waals surface area contributed by atoms with Crippen molar-refractivity contribution >= 4 is 23.7 Å². The number of amides is 3. The molecule has 0 aliphatic carbocycles. The molecule has 1 aliphatic rings. The molecule has 3 amide bonds. The smallest absolute Gasteiger partial charge is 0.407 e. The average Bonchev–Trinajstić information content (AvgIpc) is 2.64. The minimum absolute atomic E-state index is 0.0761. The molecule has 1 aromatic heterocycles. The highest BCUT2D eigenvalue weighted by molar-refractivity contribution is 5.92. The van der Waals surface area contributed by atoms with Gasteiger partial charge in [0.1, 0.15) is 5.82 Å². The fourth-order valence-electron chi connectivity index (χ4n) is 2.80. The van der Waals surface area contributed by atoms with Crippen LogP contribution in [0.2, 0.25) is 0 Å². The van der Waals surface area contributed by atoms with E-state index < -0.39 is 6.09 Å². The Morgan fingerprint density at radius 1 is 1.35 bits per heavy atom. The topological polar surface area (TPSA) is 101 Å². The van der Waals surface area contributed by atoms with Crippen molar-refractivity contribution < 1.29 is 19.1 Å². The second-order valence-corrected chi connectivity index (χ2v) is 6.29. The van der Waals surface area contributed by atoms with Crippen LogP contribution in [-0.2, 0) is 14.3 Å². The van der Waals surface area contributed by atoms with E-state index in [0.717, 1.165) is 18.4 Å². The first-order chi connectivity index (χ1) is 12.5. The Hall–Kier alpha value is -2.64. The number of hydrogen-bond acceptors (Lipinski definition) is 5. The number of pyridine rings is 1. The predicted octanol–water partition coefficient (Wildman–Crippen LogP) is 1.70. The molecule has 8 nitrogen and oxygen atoms in total. The number of anilines is 1. The molecule has 1 aromatic rings. The van der Waals surface area contributed by atoms with Crippen molar-refractivity contribution in [3.63, 3.8) is 0 Å². The van der Waals surface area contributed by atoms with Gasteiger partial charge in [0.2, 0.25) is 11.8 Å². The molecule has 0 radical (unpaired) electrons. The molecule has 26 heavy (non-hydrogen) atoms. The number of hydrogen-bond donors (Lipinski definition) is 2. The van der Waals surface area contributed by atoms with Crippen molar-refractivity contribution in [3.8, 4) is 0 Å². The summed E-state index contributed by atoms with van der Waals surface area (Å²) in [6, 6.07) is 3.65. The Morgan fingerprint density at radius 3 is 2.85 bits per heavy atom. The van der Waals surface area contributed by atoms with Crippen LogP contribution in [0.25, 0.3) is 0 Å². The number of nitrogens with zero attached hydrogens (tertiary/aromatic N) is 2. The fourth-order valence-corrected chi connectivity index (χ4v) is 2.80. The number of aromatic nitrogens is 1. The number of nitrogens with one attached hydrogen (secondary N) is 2. The first-order valence-corrected chi connectivity index (χ1v) is 8.91. The average molecular weight is 362 g/mol. The summed E-state index contributed by atoms with van der Waals surface area (Å²) in [5.74, 6) is 0.0627. The summed E-state index contributed by atoms with van der Waals surface area (Å²) in [5.41, 5.74) is 1.02. The lowest BCUT2D eigenvalue weighted by Gasteiger charge is -2.32. The van der Waals surface area contributed by atoms with Crippen LogP contribution < -0.4 is 10.6 Å². The van der Waals surface area contributed by atoms with Gasteiger partial charge in [0.15, 0.2) is 0 Å².